The van der Waals surface area contributed by atoms with Crippen molar-refractivity contribution >= 4 is 11.9 Å². The number of carboxylic acids is 1. The second-order valence-corrected chi connectivity index (χ2v) is 9.27. The molecule has 5 heteroatoms. The lowest BCUT2D eigenvalue weighted by Gasteiger charge is -2.26. The standard InChI is InChI=1S/C27H54N2O3/c1-4-7-8-9-10-11-12-13-14-15-16-17-18-19-20-23-26(30)28-24-21-22-25(27(31)32)29(5-2)6-3/h25H,4-24H2,1-3H3,(H,28,30)(H,31,32). The third-order valence-corrected chi connectivity index (χ3v) is 6.52. The van der Waals surface area contributed by atoms with Gasteiger partial charge < -0.3 is 10.4 Å². The number of amides is 1. The van der Waals surface area contributed by atoms with Gasteiger partial charge in [0, 0.05) is 13.0 Å². The fourth-order valence-corrected chi connectivity index (χ4v) is 4.40. The van der Waals surface area contributed by atoms with Gasteiger partial charge in [-0.1, -0.05) is 111 Å². The normalized spacial score (nSPS) is 12.2. The summed E-state index contributed by atoms with van der Waals surface area (Å²) in [5, 5.41) is 12.3. The molecule has 0 aromatic carbocycles. The minimum absolute atomic E-state index is 0.106. The number of carbonyl (C=O) groups is 2. The van der Waals surface area contributed by atoms with Gasteiger partial charge in [0.05, 0.1) is 0 Å². The number of nitrogens with one attached hydrogen (secondary N) is 1. The van der Waals surface area contributed by atoms with E-state index in [1.165, 1.54) is 83.5 Å². The van der Waals surface area contributed by atoms with Crippen LogP contribution in [0.5, 0.6) is 0 Å². The minimum atomic E-state index is -0.766. The van der Waals surface area contributed by atoms with E-state index in [1.807, 2.05) is 18.7 Å². The maximum atomic E-state index is 12.0. The van der Waals surface area contributed by atoms with Crippen LogP contribution in [0.3, 0.4) is 0 Å². The Morgan fingerprint density at radius 3 is 1.53 bits per heavy atom. The molecule has 0 heterocycles. The number of nitrogens with zero attached hydrogens (tertiary/aromatic N) is 1. The van der Waals surface area contributed by atoms with Crippen LogP contribution in [0.25, 0.3) is 0 Å². The molecular formula is C27H54N2O3. The Kier molecular flexibility index (Phi) is 22.3. The van der Waals surface area contributed by atoms with Crippen LogP contribution < -0.4 is 5.32 Å². The van der Waals surface area contributed by atoms with Gasteiger partial charge in [0.25, 0.3) is 0 Å². The van der Waals surface area contributed by atoms with E-state index in [1.54, 1.807) is 0 Å². The first-order valence-corrected chi connectivity index (χ1v) is 13.8. The number of unbranched alkanes of at least 4 members (excludes halogenated alkanes) is 14. The topological polar surface area (TPSA) is 69.6 Å². The van der Waals surface area contributed by atoms with Crippen LogP contribution in [-0.4, -0.2) is 47.6 Å². The average molecular weight is 455 g/mol. The van der Waals surface area contributed by atoms with Gasteiger partial charge >= 0.3 is 5.97 Å². The summed E-state index contributed by atoms with van der Waals surface area (Å²) in [7, 11) is 0. The van der Waals surface area contributed by atoms with E-state index in [0.29, 0.717) is 25.8 Å². The van der Waals surface area contributed by atoms with E-state index in [-0.39, 0.29) is 5.91 Å². The molecule has 0 bridgehead atoms. The Balaban J connectivity index is 3.45. The number of carboxylic acid groups (broad SMARTS) is 1. The molecule has 0 rings (SSSR count). The molecule has 0 aliphatic carbocycles. The van der Waals surface area contributed by atoms with Gasteiger partial charge in [0.15, 0.2) is 0 Å². The van der Waals surface area contributed by atoms with Crippen LogP contribution in [0.2, 0.25) is 0 Å². The van der Waals surface area contributed by atoms with Crippen LogP contribution in [0.15, 0.2) is 0 Å². The van der Waals surface area contributed by atoms with Gasteiger partial charge in [0.1, 0.15) is 6.04 Å². The first kappa shape index (κ1) is 30.9. The third kappa shape index (κ3) is 18.5. The Morgan fingerprint density at radius 2 is 1.12 bits per heavy atom. The lowest BCUT2D eigenvalue weighted by atomic mass is 10.0. The second-order valence-electron chi connectivity index (χ2n) is 9.27. The summed E-state index contributed by atoms with van der Waals surface area (Å²) in [6, 6.07) is -0.447. The van der Waals surface area contributed by atoms with Gasteiger partial charge in [-0.3, -0.25) is 14.5 Å². The van der Waals surface area contributed by atoms with Crippen molar-refractivity contribution in [2.45, 2.75) is 142 Å². The molecule has 0 fully saturated rings. The molecule has 5 nitrogen and oxygen atoms in total. The van der Waals surface area contributed by atoms with Gasteiger partial charge in [-0.25, -0.2) is 0 Å². The maximum Gasteiger partial charge on any atom is 0.320 e. The first-order chi connectivity index (χ1) is 15.6. The van der Waals surface area contributed by atoms with Crippen molar-refractivity contribution in [3.63, 3.8) is 0 Å². The van der Waals surface area contributed by atoms with E-state index >= 15 is 0 Å². The summed E-state index contributed by atoms with van der Waals surface area (Å²) in [4.78, 5) is 25.3. The summed E-state index contributed by atoms with van der Waals surface area (Å²) < 4.78 is 0. The van der Waals surface area contributed by atoms with Crippen LogP contribution in [0, 0.1) is 0 Å². The fraction of sp³-hybridized carbons (Fsp3) is 0.926. The number of hydrogen-bond acceptors (Lipinski definition) is 3. The smallest absolute Gasteiger partial charge is 0.320 e. The van der Waals surface area contributed by atoms with Crippen LogP contribution in [-0.2, 0) is 9.59 Å². The Labute approximate surface area is 199 Å². The Hall–Kier alpha value is -1.10. The summed E-state index contributed by atoms with van der Waals surface area (Å²) in [5.41, 5.74) is 0. The fourth-order valence-electron chi connectivity index (χ4n) is 4.40. The van der Waals surface area contributed by atoms with Crippen molar-refractivity contribution in [1.82, 2.24) is 10.2 Å². The van der Waals surface area contributed by atoms with Crippen molar-refractivity contribution in [3.05, 3.63) is 0 Å². The highest BCUT2D eigenvalue weighted by molar-refractivity contribution is 5.75. The molecule has 190 valence electrons. The zero-order chi connectivity index (χ0) is 23.9. The zero-order valence-electron chi connectivity index (χ0n) is 21.6. The predicted molar refractivity (Wildman–Crippen MR) is 136 cm³/mol. The van der Waals surface area contributed by atoms with E-state index in [2.05, 4.69) is 12.2 Å². The van der Waals surface area contributed by atoms with Gasteiger partial charge in [-0.05, 0) is 32.4 Å². The highest BCUT2D eigenvalue weighted by Crippen LogP contribution is 2.13. The molecule has 0 spiro atoms. The van der Waals surface area contributed by atoms with E-state index < -0.39 is 12.0 Å². The molecule has 0 aliphatic heterocycles. The summed E-state index contributed by atoms with van der Waals surface area (Å²) in [5.74, 6) is -0.660. The molecular weight excluding hydrogens is 400 g/mol. The zero-order valence-corrected chi connectivity index (χ0v) is 21.6. The number of carbonyl (C=O) groups excluding carboxylic acids is 1. The third-order valence-electron chi connectivity index (χ3n) is 6.52. The number of hydrogen-bond donors (Lipinski definition) is 2. The van der Waals surface area contributed by atoms with Gasteiger partial charge in [-0.2, -0.15) is 0 Å². The van der Waals surface area contributed by atoms with E-state index in [0.717, 1.165) is 25.9 Å². The lowest BCUT2D eigenvalue weighted by molar-refractivity contribution is -0.143. The number of rotatable bonds is 24. The summed E-state index contributed by atoms with van der Waals surface area (Å²) in [6.07, 6.45) is 21.8. The van der Waals surface area contributed by atoms with Crippen LogP contribution in [0.1, 0.15) is 136 Å². The highest BCUT2D eigenvalue weighted by atomic mass is 16.4. The van der Waals surface area contributed by atoms with Gasteiger partial charge in [0.2, 0.25) is 5.91 Å². The molecule has 0 aliphatic rings. The van der Waals surface area contributed by atoms with Crippen molar-refractivity contribution in [3.8, 4) is 0 Å². The van der Waals surface area contributed by atoms with E-state index in [9.17, 15) is 14.7 Å². The molecule has 0 aromatic rings. The molecule has 0 saturated carbocycles. The molecule has 1 unspecified atom stereocenters. The predicted octanol–water partition coefficient (Wildman–Crippen LogP) is 6.94. The van der Waals surface area contributed by atoms with Crippen molar-refractivity contribution in [2.75, 3.05) is 19.6 Å². The molecule has 1 amide bonds. The molecule has 0 radical (unpaired) electrons. The first-order valence-electron chi connectivity index (χ1n) is 13.8. The molecule has 1 atom stereocenters. The van der Waals surface area contributed by atoms with Crippen LogP contribution >= 0.6 is 0 Å². The SMILES string of the molecule is CCCCCCCCCCCCCCCCCC(=O)NCCCC(C(=O)O)N(CC)CC. The van der Waals surface area contributed by atoms with Crippen molar-refractivity contribution in [2.24, 2.45) is 0 Å². The molecule has 0 aromatic heterocycles. The van der Waals surface area contributed by atoms with E-state index in [4.69, 9.17) is 0 Å². The summed E-state index contributed by atoms with van der Waals surface area (Å²) >= 11 is 0. The largest absolute Gasteiger partial charge is 0.480 e. The quantitative estimate of drug-likeness (QED) is 0.155. The van der Waals surface area contributed by atoms with Crippen molar-refractivity contribution < 1.29 is 14.7 Å². The maximum absolute atomic E-state index is 12.0. The highest BCUT2D eigenvalue weighted by Gasteiger charge is 2.22. The molecule has 2 N–H and O–H groups in total. The van der Waals surface area contributed by atoms with Gasteiger partial charge in [-0.15, -0.1) is 0 Å². The lowest BCUT2D eigenvalue weighted by Crippen LogP contribution is -2.41. The second kappa shape index (κ2) is 23.1. The summed E-state index contributed by atoms with van der Waals surface area (Å²) in [6.45, 7) is 8.28. The molecule has 0 saturated heterocycles. The monoisotopic (exact) mass is 454 g/mol. The number of likely N-dealkylation sites (N-methyl/N-ethyl adjacent to an activating group) is 1. The van der Waals surface area contributed by atoms with Crippen LogP contribution in [0.4, 0.5) is 0 Å². The Bertz CT molecular complexity index is 439. The van der Waals surface area contributed by atoms with Crippen molar-refractivity contribution in [1.29, 1.82) is 0 Å². The average Bonchev–Trinajstić information content (AvgIpc) is 2.78. The number of aliphatic carboxylic acids is 1. The minimum Gasteiger partial charge on any atom is -0.480 e. The molecule has 32 heavy (non-hydrogen) atoms. The Morgan fingerprint density at radius 1 is 0.688 bits per heavy atom.